The fourth-order valence-electron chi connectivity index (χ4n) is 6.66. The van der Waals surface area contributed by atoms with Gasteiger partial charge < -0.3 is 4.90 Å². The molecule has 0 radical (unpaired) electrons. The molecule has 2 aromatic rings. The van der Waals surface area contributed by atoms with Crippen LogP contribution in [0.2, 0.25) is 0 Å². The van der Waals surface area contributed by atoms with E-state index in [0.29, 0.717) is 6.42 Å². The normalized spacial score (nSPS) is 24.3. The Bertz CT molecular complexity index is 953. The molecule has 0 bridgehead atoms. The average Bonchev–Trinajstić information content (AvgIpc) is 3.01. The molecule has 1 heterocycles. The van der Waals surface area contributed by atoms with Gasteiger partial charge in [0.1, 0.15) is 0 Å². The Labute approximate surface area is 200 Å². The fourth-order valence-corrected chi connectivity index (χ4v) is 6.66. The number of likely N-dealkylation sites (tertiary alicyclic amines) is 1. The molecule has 0 aromatic heterocycles. The Morgan fingerprint density at radius 3 is 2.55 bits per heavy atom. The third-order valence-corrected chi connectivity index (χ3v) is 8.34. The van der Waals surface area contributed by atoms with Crippen LogP contribution in [-0.4, -0.2) is 31.2 Å². The van der Waals surface area contributed by atoms with E-state index in [9.17, 15) is 4.39 Å². The summed E-state index contributed by atoms with van der Waals surface area (Å²) >= 11 is 0. The highest BCUT2D eigenvalue weighted by atomic mass is 19.1. The number of fused-ring (bicyclic) bond motifs is 1. The molecule has 2 aliphatic carbocycles. The van der Waals surface area contributed by atoms with Gasteiger partial charge in [-0.25, -0.2) is 0 Å². The summed E-state index contributed by atoms with van der Waals surface area (Å²) in [5.41, 5.74) is 9.16. The standard InChI is InChI=1S/C31H40FN/c1-23-7-4-10-28(19-23)30-12-5-9-26-8-2-3-11-29(26)31(30)27-15-13-24(14-16-27)20-25-21-33(22-25)18-6-17-32/h2-3,8,11,13-16,23,25,28H,4-7,9-10,12,17-22H2,1H3/t23-,28+/m1/s1. The number of hydrogen-bond donors (Lipinski definition) is 0. The molecular formula is C31H40FN. The van der Waals surface area contributed by atoms with E-state index >= 15 is 0 Å². The number of halogens is 1. The Balaban J connectivity index is 1.39. The van der Waals surface area contributed by atoms with Crippen molar-refractivity contribution in [2.24, 2.45) is 17.8 Å². The molecule has 1 saturated carbocycles. The topological polar surface area (TPSA) is 3.24 Å². The van der Waals surface area contributed by atoms with Crippen molar-refractivity contribution in [3.05, 3.63) is 76.4 Å². The van der Waals surface area contributed by atoms with Gasteiger partial charge in [-0.15, -0.1) is 0 Å². The quantitative estimate of drug-likeness (QED) is 0.427. The van der Waals surface area contributed by atoms with Crippen LogP contribution in [0.4, 0.5) is 4.39 Å². The molecule has 1 aliphatic heterocycles. The summed E-state index contributed by atoms with van der Waals surface area (Å²) in [5.74, 6) is 2.33. The zero-order valence-electron chi connectivity index (χ0n) is 20.4. The van der Waals surface area contributed by atoms with Gasteiger partial charge in [-0.05, 0) is 90.5 Å². The van der Waals surface area contributed by atoms with Gasteiger partial charge in [0.15, 0.2) is 0 Å². The highest BCUT2D eigenvalue weighted by Crippen LogP contribution is 2.43. The van der Waals surface area contributed by atoms with Crippen LogP contribution in [0.25, 0.3) is 5.57 Å². The van der Waals surface area contributed by atoms with Crippen molar-refractivity contribution in [1.82, 2.24) is 4.90 Å². The van der Waals surface area contributed by atoms with Crippen LogP contribution < -0.4 is 0 Å². The highest BCUT2D eigenvalue weighted by molar-refractivity contribution is 5.84. The van der Waals surface area contributed by atoms with Crippen LogP contribution in [0.3, 0.4) is 0 Å². The Morgan fingerprint density at radius 1 is 0.939 bits per heavy atom. The highest BCUT2D eigenvalue weighted by Gasteiger charge is 2.28. The minimum absolute atomic E-state index is 0.191. The van der Waals surface area contributed by atoms with E-state index in [1.54, 1.807) is 11.1 Å². The molecule has 0 N–H and O–H groups in total. The molecule has 1 nitrogen and oxygen atoms in total. The minimum atomic E-state index is -0.191. The van der Waals surface area contributed by atoms with E-state index in [4.69, 9.17) is 0 Å². The molecule has 176 valence electrons. The summed E-state index contributed by atoms with van der Waals surface area (Å²) < 4.78 is 12.4. The minimum Gasteiger partial charge on any atom is -0.303 e. The SMILES string of the molecule is C[C@@H]1CCC[C@H](C2=C(c3ccc(CC4CN(CCCF)C4)cc3)c3ccccc3CCC2)C1. The van der Waals surface area contributed by atoms with Gasteiger partial charge in [-0.2, -0.15) is 0 Å². The Morgan fingerprint density at radius 2 is 1.76 bits per heavy atom. The van der Waals surface area contributed by atoms with Crippen molar-refractivity contribution in [2.45, 2.75) is 64.7 Å². The molecule has 2 aromatic carbocycles. The predicted molar refractivity (Wildman–Crippen MR) is 137 cm³/mol. The molecule has 33 heavy (non-hydrogen) atoms. The average molecular weight is 446 g/mol. The number of benzene rings is 2. The maximum absolute atomic E-state index is 12.4. The lowest BCUT2D eigenvalue weighted by Gasteiger charge is -2.39. The van der Waals surface area contributed by atoms with Crippen molar-refractivity contribution >= 4 is 5.57 Å². The molecule has 0 unspecified atom stereocenters. The number of aryl methyl sites for hydroxylation is 1. The van der Waals surface area contributed by atoms with Crippen molar-refractivity contribution in [1.29, 1.82) is 0 Å². The van der Waals surface area contributed by atoms with Gasteiger partial charge >= 0.3 is 0 Å². The molecule has 0 amide bonds. The zero-order valence-corrected chi connectivity index (χ0v) is 20.4. The van der Waals surface area contributed by atoms with E-state index in [0.717, 1.165) is 43.8 Å². The number of allylic oxidation sites excluding steroid dienone is 1. The number of alkyl halides is 1. The van der Waals surface area contributed by atoms with E-state index in [1.165, 1.54) is 67.2 Å². The van der Waals surface area contributed by atoms with Crippen LogP contribution in [-0.2, 0) is 12.8 Å². The second-order valence-electron chi connectivity index (χ2n) is 10.9. The number of hydrogen-bond acceptors (Lipinski definition) is 1. The van der Waals surface area contributed by atoms with Gasteiger partial charge in [0.2, 0.25) is 0 Å². The van der Waals surface area contributed by atoms with Gasteiger partial charge in [-0.3, -0.25) is 4.39 Å². The first-order valence-electron chi connectivity index (χ1n) is 13.4. The molecule has 2 fully saturated rings. The van der Waals surface area contributed by atoms with Crippen molar-refractivity contribution in [2.75, 3.05) is 26.3 Å². The lowest BCUT2D eigenvalue weighted by atomic mass is 9.74. The van der Waals surface area contributed by atoms with E-state index in [1.807, 2.05) is 0 Å². The van der Waals surface area contributed by atoms with E-state index in [-0.39, 0.29) is 6.67 Å². The van der Waals surface area contributed by atoms with Gasteiger partial charge in [-0.1, -0.05) is 73.9 Å². The van der Waals surface area contributed by atoms with Crippen molar-refractivity contribution in [3.8, 4) is 0 Å². The molecule has 2 heteroatoms. The predicted octanol–water partition coefficient (Wildman–Crippen LogP) is 7.49. The Hall–Kier alpha value is -1.93. The molecular weight excluding hydrogens is 405 g/mol. The van der Waals surface area contributed by atoms with Crippen molar-refractivity contribution < 1.29 is 4.39 Å². The summed E-state index contributed by atoms with van der Waals surface area (Å²) in [4.78, 5) is 2.39. The van der Waals surface area contributed by atoms with E-state index < -0.39 is 0 Å². The maximum Gasteiger partial charge on any atom is 0.0906 e. The molecule has 0 spiro atoms. The molecule has 2 atom stereocenters. The summed E-state index contributed by atoms with van der Waals surface area (Å²) in [7, 11) is 0. The largest absolute Gasteiger partial charge is 0.303 e. The Kier molecular flexibility index (Phi) is 7.30. The summed E-state index contributed by atoms with van der Waals surface area (Å²) in [5, 5.41) is 0. The van der Waals surface area contributed by atoms with Crippen LogP contribution in [0.15, 0.2) is 54.1 Å². The van der Waals surface area contributed by atoms with Crippen LogP contribution in [0.5, 0.6) is 0 Å². The maximum atomic E-state index is 12.4. The third-order valence-electron chi connectivity index (χ3n) is 8.34. The molecule has 5 rings (SSSR count). The van der Waals surface area contributed by atoms with Crippen LogP contribution >= 0.6 is 0 Å². The number of rotatable bonds is 7. The lowest BCUT2D eigenvalue weighted by Crippen LogP contribution is -2.47. The lowest BCUT2D eigenvalue weighted by molar-refractivity contribution is 0.0968. The summed E-state index contributed by atoms with van der Waals surface area (Å²) in [6.45, 7) is 5.44. The first kappa shape index (κ1) is 22.8. The van der Waals surface area contributed by atoms with Crippen LogP contribution in [0.1, 0.15) is 74.1 Å². The first-order chi connectivity index (χ1) is 16.2. The van der Waals surface area contributed by atoms with Gasteiger partial charge in [0.05, 0.1) is 6.67 Å². The zero-order chi connectivity index (χ0) is 22.6. The summed E-state index contributed by atoms with van der Waals surface area (Å²) in [6.07, 6.45) is 11.1. The van der Waals surface area contributed by atoms with Gasteiger partial charge in [0, 0.05) is 19.6 Å². The fraction of sp³-hybridized carbons (Fsp3) is 0.548. The van der Waals surface area contributed by atoms with Crippen LogP contribution in [0, 0.1) is 17.8 Å². The first-order valence-corrected chi connectivity index (χ1v) is 13.4. The van der Waals surface area contributed by atoms with Crippen molar-refractivity contribution in [3.63, 3.8) is 0 Å². The molecule has 1 saturated heterocycles. The number of nitrogens with zero attached hydrogens (tertiary/aromatic N) is 1. The second-order valence-corrected chi connectivity index (χ2v) is 10.9. The monoisotopic (exact) mass is 445 g/mol. The molecule has 3 aliphatic rings. The smallest absolute Gasteiger partial charge is 0.0906 e. The van der Waals surface area contributed by atoms with E-state index in [2.05, 4.69) is 60.4 Å². The third kappa shape index (κ3) is 5.27. The van der Waals surface area contributed by atoms with Gasteiger partial charge in [0.25, 0.3) is 0 Å². The summed E-state index contributed by atoms with van der Waals surface area (Å²) in [6, 6.07) is 18.7. The second kappa shape index (κ2) is 10.6.